The molecule has 2 unspecified atom stereocenters. The van der Waals surface area contributed by atoms with E-state index >= 15 is 0 Å². The Morgan fingerprint density at radius 2 is 1.75 bits per heavy atom. The SMILES string of the molecule is COc1ccc(C)c2sc(N3CCN(CCNC(=O)c4ccc(S(=O)(=O)N5CC(C)OC(C)C5)cc4)CC3)nc12. The number of carbonyl (C=O) groups excluding carboxylic acids is 1. The number of hydrogen-bond acceptors (Lipinski definition) is 9. The van der Waals surface area contributed by atoms with Gasteiger partial charge in [0, 0.05) is 57.9 Å². The molecule has 1 amide bonds. The van der Waals surface area contributed by atoms with Gasteiger partial charge in [-0.15, -0.1) is 0 Å². The Morgan fingerprint density at radius 1 is 1.07 bits per heavy atom. The van der Waals surface area contributed by atoms with Gasteiger partial charge in [0.25, 0.3) is 5.91 Å². The molecule has 2 saturated heterocycles. The second kappa shape index (κ2) is 12.0. The molecule has 216 valence electrons. The van der Waals surface area contributed by atoms with Crippen LogP contribution in [0.15, 0.2) is 41.3 Å². The van der Waals surface area contributed by atoms with E-state index < -0.39 is 10.0 Å². The monoisotopic (exact) mass is 587 g/mol. The number of morpholine rings is 1. The lowest BCUT2D eigenvalue weighted by Gasteiger charge is -2.34. The van der Waals surface area contributed by atoms with Crippen LogP contribution in [0.25, 0.3) is 10.2 Å². The van der Waals surface area contributed by atoms with E-state index in [-0.39, 0.29) is 23.0 Å². The zero-order chi connectivity index (χ0) is 28.4. The molecule has 2 aliphatic heterocycles. The third kappa shape index (κ3) is 6.10. The van der Waals surface area contributed by atoms with Gasteiger partial charge in [0.05, 0.1) is 28.9 Å². The number of rotatable bonds is 8. The summed E-state index contributed by atoms with van der Waals surface area (Å²) in [6, 6.07) is 10.2. The number of methoxy groups -OCH3 is 1. The number of ether oxygens (including phenoxy) is 2. The number of piperazine rings is 1. The van der Waals surface area contributed by atoms with Gasteiger partial charge < -0.3 is 19.7 Å². The number of anilines is 1. The Morgan fingerprint density at radius 3 is 2.40 bits per heavy atom. The molecule has 0 aliphatic carbocycles. The number of aryl methyl sites for hydroxylation is 1. The molecule has 40 heavy (non-hydrogen) atoms. The summed E-state index contributed by atoms with van der Waals surface area (Å²) in [4.78, 5) is 22.4. The van der Waals surface area contributed by atoms with Gasteiger partial charge in [0.15, 0.2) is 5.13 Å². The topological polar surface area (TPSA) is 104 Å². The molecule has 2 aromatic carbocycles. The number of aromatic nitrogens is 1. The lowest BCUT2D eigenvalue weighted by Crippen LogP contribution is -2.48. The molecule has 2 fully saturated rings. The fraction of sp³-hybridized carbons (Fsp3) is 0.500. The second-order valence-electron chi connectivity index (χ2n) is 10.4. The Hall–Kier alpha value is -2.77. The highest BCUT2D eigenvalue weighted by atomic mass is 32.2. The molecule has 0 radical (unpaired) electrons. The maximum absolute atomic E-state index is 13.1. The smallest absolute Gasteiger partial charge is 0.251 e. The van der Waals surface area contributed by atoms with Crippen LogP contribution in [-0.2, 0) is 14.8 Å². The second-order valence-corrected chi connectivity index (χ2v) is 13.4. The minimum atomic E-state index is -3.64. The molecule has 2 atom stereocenters. The molecule has 1 aromatic heterocycles. The van der Waals surface area contributed by atoms with E-state index in [9.17, 15) is 13.2 Å². The van der Waals surface area contributed by atoms with Gasteiger partial charge in [0.1, 0.15) is 11.3 Å². The Labute approximate surface area is 239 Å². The van der Waals surface area contributed by atoms with Gasteiger partial charge in [-0.1, -0.05) is 17.4 Å². The molecule has 3 aromatic rings. The average Bonchev–Trinajstić information content (AvgIpc) is 3.40. The summed E-state index contributed by atoms with van der Waals surface area (Å²) in [6.45, 7) is 11.2. The van der Waals surface area contributed by atoms with Crippen LogP contribution in [0.2, 0.25) is 0 Å². The van der Waals surface area contributed by atoms with Crippen molar-refractivity contribution in [3.05, 3.63) is 47.5 Å². The van der Waals surface area contributed by atoms with Gasteiger partial charge in [0.2, 0.25) is 10.0 Å². The number of hydrogen-bond donors (Lipinski definition) is 1. The molecular weight excluding hydrogens is 550 g/mol. The summed E-state index contributed by atoms with van der Waals surface area (Å²) < 4.78 is 39.9. The van der Waals surface area contributed by atoms with E-state index in [0.29, 0.717) is 25.2 Å². The van der Waals surface area contributed by atoms with Gasteiger partial charge in [-0.05, 0) is 56.7 Å². The fourth-order valence-electron chi connectivity index (χ4n) is 5.25. The molecule has 1 N–H and O–H groups in total. The normalized spacial score (nSPS) is 21.1. The zero-order valence-electron chi connectivity index (χ0n) is 23.4. The maximum atomic E-state index is 13.1. The summed E-state index contributed by atoms with van der Waals surface area (Å²) in [6.07, 6.45) is -0.320. The summed E-state index contributed by atoms with van der Waals surface area (Å²) >= 11 is 1.70. The maximum Gasteiger partial charge on any atom is 0.251 e. The first-order valence-electron chi connectivity index (χ1n) is 13.6. The predicted octanol–water partition coefficient (Wildman–Crippen LogP) is 2.96. The number of nitrogens with one attached hydrogen (secondary N) is 1. The van der Waals surface area contributed by atoms with Crippen molar-refractivity contribution < 1.29 is 22.7 Å². The highest BCUT2D eigenvalue weighted by molar-refractivity contribution is 7.89. The minimum Gasteiger partial charge on any atom is -0.494 e. The molecule has 5 rings (SSSR count). The molecule has 12 heteroatoms. The highest BCUT2D eigenvalue weighted by Crippen LogP contribution is 2.36. The molecule has 2 aliphatic rings. The third-order valence-corrected chi connectivity index (χ3v) is 10.5. The molecular formula is C28H37N5O5S2. The highest BCUT2D eigenvalue weighted by Gasteiger charge is 2.32. The zero-order valence-corrected chi connectivity index (χ0v) is 25.1. The molecule has 0 bridgehead atoms. The standard InChI is InChI=1S/C28H37N5O5S2/c1-19-5-10-24(37-4)25-26(19)39-28(30-25)32-15-13-31(14-16-32)12-11-29-27(34)22-6-8-23(9-7-22)40(35,36)33-17-20(2)38-21(3)18-33/h5-10,20-21H,11-18H2,1-4H3,(H,29,34). The Balaban J connectivity index is 1.10. The van der Waals surface area contributed by atoms with Gasteiger partial charge in [-0.3, -0.25) is 9.69 Å². The van der Waals surface area contributed by atoms with E-state index in [2.05, 4.69) is 28.1 Å². The van der Waals surface area contributed by atoms with Crippen molar-refractivity contribution in [1.82, 2.24) is 19.5 Å². The van der Waals surface area contributed by atoms with E-state index in [1.165, 1.54) is 22.0 Å². The van der Waals surface area contributed by atoms with Crippen molar-refractivity contribution >= 4 is 42.6 Å². The van der Waals surface area contributed by atoms with E-state index in [4.69, 9.17) is 14.5 Å². The Bertz CT molecular complexity index is 1440. The van der Waals surface area contributed by atoms with Crippen molar-refractivity contribution in [1.29, 1.82) is 0 Å². The van der Waals surface area contributed by atoms with E-state index in [0.717, 1.165) is 53.8 Å². The van der Waals surface area contributed by atoms with Crippen molar-refractivity contribution in [3.63, 3.8) is 0 Å². The van der Waals surface area contributed by atoms with Crippen LogP contribution in [0.5, 0.6) is 5.75 Å². The first-order valence-corrected chi connectivity index (χ1v) is 15.9. The molecule has 10 nitrogen and oxygen atoms in total. The number of nitrogens with zero attached hydrogens (tertiary/aromatic N) is 4. The predicted molar refractivity (Wildman–Crippen MR) is 157 cm³/mol. The summed E-state index contributed by atoms with van der Waals surface area (Å²) in [5.41, 5.74) is 2.56. The lowest BCUT2D eigenvalue weighted by atomic mass is 10.2. The molecule has 3 heterocycles. The van der Waals surface area contributed by atoms with Gasteiger partial charge >= 0.3 is 0 Å². The summed E-state index contributed by atoms with van der Waals surface area (Å²) in [5.74, 6) is 0.588. The van der Waals surface area contributed by atoms with Gasteiger partial charge in [-0.2, -0.15) is 4.31 Å². The van der Waals surface area contributed by atoms with Crippen LogP contribution in [0.1, 0.15) is 29.8 Å². The van der Waals surface area contributed by atoms with Crippen molar-refractivity contribution in [2.45, 2.75) is 37.9 Å². The van der Waals surface area contributed by atoms with Crippen LogP contribution in [-0.4, -0.2) is 100 Å². The van der Waals surface area contributed by atoms with Crippen LogP contribution >= 0.6 is 11.3 Å². The van der Waals surface area contributed by atoms with E-state index in [1.54, 1.807) is 30.6 Å². The van der Waals surface area contributed by atoms with Crippen molar-refractivity contribution in [3.8, 4) is 5.75 Å². The summed E-state index contributed by atoms with van der Waals surface area (Å²) in [5, 5.41) is 3.98. The number of sulfonamides is 1. The van der Waals surface area contributed by atoms with Crippen LogP contribution in [0.3, 0.4) is 0 Å². The number of carbonyl (C=O) groups is 1. The quantitative estimate of drug-likeness (QED) is 0.429. The van der Waals surface area contributed by atoms with Crippen LogP contribution < -0.4 is 15.0 Å². The summed E-state index contributed by atoms with van der Waals surface area (Å²) in [7, 11) is -1.96. The number of fused-ring (bicyclic) bond motifs is 1. The number of benzene rings is 2. The largest absolute Gasteiger partial charge is 0.494 e. The van der Waals surface area contributed by atoms with Gasteiger partial charge in [-0.25, -0.2) is 13.4 Å². The third-order valence-electron chi connectivity index (χ3n) is 7.41. The average molecular weight is 588 g/mol. The lowest BCUT2D eigenvalue weighted by molar-refractivity contribution is -0.0440. The van der Waals surface area contributed by atoms with Crippen LogP contribution in [0, 0.1) is 6.92 Å². The first-order chi connectivity index (χ1) is 19.2. The number of thiazole rings is 1. The number of amides is 1. The molecule has 0 spiro atoms. The fourth-order valence-corrected chi connectivity index (χ4v) is 7.94. The van der Waals surface area contributed by atoms with Crippen LogP contribution in [0.4, 0.5) is 5.13 Å². The minimum absolute atomic E-state index is 0.160. The molecule has 0 saturated carbocycles. The van der Waals surface area contributed by atoms with E-state index in [1.807, 2.05) is 19.9 Å². The first kappa shape index (κ1) is 28.7. The van der Waals surface area contributed by atoms with Crippen molar-refractivity contribution in [2.24, 2.45) is 0 Å². The Kier molecular flexibility index (Phi) is 8.62. The van der Waals surface area contributed by atoms with Crippen molar-refractivity contribution in [2.75, 3.05) is 64.4 Å².